The van der Waals surface area contributed by atoms with Crippen LogP contribution >= 0.6 is 12.2 Å². The maximum absolute atomic E-state index is 11.7. The number of nitrogens with one attached hydrogen (secondary N) is 1. The summed E-state index contributed by atoms with van der Waals surface area (Å²) in [6, 6.07) is 1.08. The molecule has 1 saturated heterocycles. The SMILES string of the molecule is [N-]=[N+]=N[C@H]1C[C@H](n2ccc(=S)[nH]c2=O)O[C@@H]1CO. The third kappa shape index (κ3) is 2.44. The van der Waals surface area contributed by atoms with E-state index in [9.17, 15) is 4.79 Å². The van der Waals surface area contributed by atoms with Crippen molar-refractivity contribution in [2.24, 2.45) is 5.11 Å². The van der Waals surface area contributed by atoms with Crippen LogP contribution in [0.15, 0.2) is 22.2 Å². The Morgan fingerprint density at radius 2 is 2.56 bits per heavy atom. The Balaban J connectivity index is 2.28. The summed E-state index contributed by atoms with van der Waals surface area (Å²) in [4.78, 5) is 16.9. The topological polar surface area (TPSA) is 116 Å². The van der Waals surface area contributed by atoms with Gasteiger partial charge in [-0.3, -0.25) is 9.55 Å². The molecule has 0 bridgehead atoms. The van der Waals surface area contributed by atoms with Gasteiger partial charge in [0, 0.05) is 17.5 Å². The van der Waals surface area contributed by atoms with Gasteiger partial charge in [-0.25, -0.2) is 4.79 Å². The first-order chi connectivity index (χ1) is 8.65. The highest BCUT2D eigenvalue weighted by Gasteiger charge is 2.35. The van der Waals surface area contributed by atoms with Crippen molar-refractivity contribution in [3.05, 3.63) is 37.8 Å². The molecule has 2 N–H and O–H groups in total. The maximum atomic E-state index is 11.7. The predicted octanol–water partition coefficient (Wildman–Crippen LogP) is 0.865. The van der Waals surface area contributed by atoms with Gasteiger partial charge in [-0.1, -0.05) is 17.3 Å². The Labute approximate surface area is 106 Å². The monoisotopic (exact) mass is 269 g/mol. The largest absolute Gasteiger partial charge is 0.394 e. The molecular weight excluding hydrogens is 258 g/mol. The van der Waals surface area contributed by atoms with Crippen LogP contribution in [-0.4, -0.2) is 33.4 Å². The maximum Gasteiger partial charge on any atom is 0.328 e. The first-order valence-electron chi connectivity index (χ1n) is 5.27. The zero-order valence-electron chi connectivity index (χ0n) is 9.26. The number of aliphatic hydroxyl groups is 1. The van der Waals surface area contributed by atoms with Crippen molar-refractivity contribution in [1.82, 2.24) is 9.55 Å². The highest BCUT2D eigenvalue weighted by molar-refractivity contribution is 7.71. The summed E-state index contributed by atoms with van der Waals surface area (Å²) in [5.41, 5.74) is 8.02. The summed E-state index contributed by atoms with van der Waals surface area (Å²) in [6.45, 7) is -0.266. The van der Waals surface area contributed by atoms with Gasteiger partial charge in [0.05, 0.1) is 18.8 Å². The summed E-state index contributed by atoms with van der Waals surface area (Å²) in [5.74, 6) is 0. The molecule has 0 unspecified atom stereocenters. The van der Waals surface area contributed by atoms with Crippen molar-refractivity contribution in [3.8, 4) is 0 Å². The van der Waals surface area contributed by atoms with Gasteiger partial charge in [-0.2, -0.15) is 0 Å². The number of azide groups is 1. The van der Waals surface area contributed by atoms with Gasteiger partial charge in [-0.05, 0) is 11.6 Å². The van der Waals surface area contributed by atoms with E-state index in [1.807, 2.05) is 0 Å². The van der Waals surface area contributed by atoms with Gasteiger partial charge in [-0.15, -0.1) is 0 Å². The zero-order chi connectivity index (χ0) is 13.1. The van der Waals surface area contributed by atoms with E-state index in [-0.39, 0.29) is 6.61 Å². The molecule has 9 heteroatoms. The minimum Gasteiger partial charge on any atom is -0.394 e. The molecule has 1 fully saturated rings. The number of rotatable bonds is 3. The normalized spacial score (nSPS) is 26.8. The molecule has 2 rings (SSSR count). The second kappa shape index (κ2) is 5.32. The quantitative estimate of drug-likeness (QED) is 0.366. The van der Waals surface area contributed by atoms with Crippen molar-refractivity contribution >= 4 is 12.2 Å². The molecule has 96 valence electrons. The Kier molecular flexibility index (Phi) is 3.78. The van der Waals surface area contributed by atoms with Crippen molar-refractivity contribution in [2.75, 3.05) is 6.61 Å². The van der Waals surface area contributed by atoms with E-state index in [0.717, 1.165) is 0 Å². The highest BCUT2D eigenvalue weighted by atomic mass is 32.1. The molecule has 0 radical (unpaired) electrons. The van der Waals surface area contributed by atoms with E-state index in [2.05, 4.69) is 15.0 Å². The number of H-pyrrole nitrogens is 1. The molecule has 0 spiro atoms. The van der Waals surface area contributed by atoms with E-state index in [0.29, 0.717) is 11.1 Å². The zero-order valence-corrected chi connectivity index (χ0v) is 10.1. The Morgan fingerprint density at radius 1 is 1.78 bits per heavy atom. The van der Waals surface area contributed by atoms with Gasteiger partial charge < -0.3 is 9.84 Å². The molecule has 0 amide bonds. The van der Waals surface area contributed by atoms with Crippen molar-refractivity contribution < 1.29 is 9.84 Å². The molecule has 1 aromatic rings. The van der Waals surface area contributed by atoms with Gasteiger partial charge in [0.2, 0.25) is 0 Å². The minimum absolute atomic E-state index is 0.266. The Hall–Kier alpha value is -1.67. The Morgan fingerprint density at radius 3 is 3.17 bits per heavy atom. The third-order valence-electron chi connectivity index (χ3n) is 2.75. The molecule has 1 aliphatic rings. The van der Waals surface area contributed by atoms with E-state index in [1.165, 1.54) is 10.8 Å². The van der Waals surface area contributed by atoms with Crippen LogP contribution in [0.3, 0.4) is 0 Å². The van der Waals surface area contributed by atoms with Crippen LogP contribution in [0.5, 0.6) is 0 Å². The summed E-state index contributed by atoms with van der Waals surface area (Å²) < 4.78 is 7.13. The lowest BCUT2D eigenvalue weighted by Gasteiger charge is -2.14. The van der Waals surface area contributed by atoms with Crippen molar-refractivity contribution in [2.45, 2.75) is 24.8 Å². The molecule has 0 saturated carbocycles. The van der Waals surface area contributed by atoms with Crippen LogP contribution < -0.4 is 5.69 Å². The standard InChI is InChI=1S/C9H11N5O3S/c10-13-12-5-3-8(17-6(5)4-15)14-2-1-7(18)11-9(14)16/h1-2,5-6,8,15H,3-4H2,(H,11,16,18)/t5-,6+,8+/m0/s1. The molecule has 18 heavy (non-hydrogen) atoms. The summed E-state index contributed by atoms with van der Waals surface area (Å²) in [5, 5.41) is 12.7. The number of hydrogen-bond acceptors (Lipinski definition) is 5. The Bertz CT molecular complexity index is 590. The molecular formula is C9H11N5O3S. The molecule has 1 aliphatic heterocycles. The van der Waals surface area contributed by atoms with Crippen LogP contribution in [0.25, 0.3) is 10.4 Å². The van der Waals surface area contributed by atoms with Gasteiger partial charge in [0.25, 0.3) is 0 Å². The predicted molar refractivity (Wildman–Crippen MR) is 64.4 cm³/mol. The van der Waals surface area contributed by atoms with Crippen LogP contribution in [0.4, 0.5) is 0 Å². The molecule has 0 aliphatic carbocycles. The summed E-state index contributed by atoms with van der Waals surface area (Å²) in [7, 11) is 0. The lowest BCUT2D eigenvalue weighted by molar-refractivity contribution is -0.0270. The van der Waals surface area contributed by atoms with E-state index < -0.39 is 24.1 Å². The molecule has 2 heterocycles. The van der Waals surface area contributed by atoms with E-state index in [1.54, 1.807) is 6.07 Å². The third-order valence-corrected chi connectivity index (χ3v) is 2.98. The first-order valence-corrected chi connectivity index (χ1v) is 5.68. The van der Waals surface area contributed by atoms with Crippen LogP contribution in [0.1, 0.15) is 12.6 Å². The molecule has 8 nitrogen and oxygen atoms in total. The molecule has 1 aromatic heterocycles. The van der Waals surface area contributed by atoms with Crippen LogP contribution in [-0.2, 0) is 4.74 Å². The summed E-state index contributed by atoms with van der Waals surface area (Å²) in [6.07, 6.45) is 0.677. The number of aliphatic hydroxyl groups excluding tert-OH is 1. The number of nitrogens with zero attached hydrogens (tertiary/aromatic N) is 4. The van der Waals surface area contributed by atoms with Gasteiger partial charge in [0.15, 0.2) is 0 Å². The number of hydrogen-bond donors (Lipinski definition) is 2. The average Bonchev–Trinajstić information content (AvgIpc) is 2.72. The lowest BCUT2D eigenvalue weighted by atomic mass is 10.1. The number of aromatic amines is 1. The second-order valence-corrected chi connectivity index (χ2v) is 4.28. The highest BCUT2D eigenvalue weighted by Crippen LogP contribution is 2.29. The van der Waals surface area contributed by atoms with E-state index in [4.69, 9.17) is 27.6 Å². The number of ether oxygens (including phenoxy) is 1. The minimum atomic E-state index is -0.596. The average molecular weight is 269 g/mol. The first kappa shape index (κ1) is 12.8. The van der Waals surface area contributed by atoms with Gasteiger partial charge >= 0.3 is 5.69 Å². The molecule has 3 atom stereocenters. The lowest BCUT2D eigenvalue weighted by Crippen LogP contribution is -2.27. The fraction of sp³-hybridized carbons (Fsp3) is 0.556. The van der Waals surface area contributed by atoms with Crippen LogP contribution in [0.2, 0.25) is 0 Å². The second-order valence-electron chi connectivity index (χ2n) is 3.84. The van der Waals surface area contributed by atoms with Gasteiger partial charge in [0.1, 0.15) is 10.9 Å². The summed E-state index contributed by atoms with van der Waals surface area (Å²) >= 11 is 4.83. The van der Waals surface area contributed by atoms with Crippen molar-refractivity contribution in [1.29, 1.82) is 0 Å². The van der Waals surface area contributed by atoms with Crippen LogP contribution in [0, 0.1) is 4.64 Å². The number of aromatic nitrogens is 2. The smallest absolute Gasteiger partial charge is 0.328 e. The van der Waals surface area contributed by atoms with E-state index >= 15 is 0 Å². The molecule has 0 aromatic carbocycles. The van der Waals surface area contributed by atoms with Crippen molar-refractivity contribution in [3.63, 3.8) is 0 Å². The fourth-order valence-electron chi connectivity index (χ4n) is 1.89. The fourth-order valence-corrected chi connectivity index (χ4v) is 2.04.